The van der Waals surface area contributed by atoms with Gasteiger partial charge in [0.25, 0.3) is 0 Å². The Morgan fingerprint density at radius 1 is 1.15 bits per heavy atom. The maximum Gasteiger partial charge on any atom is 0.122 e. The van der Waals surface area contributed by atoms with E-state index in [0.29, 0.717) is 0 Å². The first-order valence-electron chi connectivity index (χ1n) is 6.83. The average molecular weight is 269 g/mol. The Kier molecular flexibility index (Phi) is 3.36. The van der Waals surface area contributed by atoms with Crippen LogP contribution in [0.2, 0.25) is 0 Å². The zero-order valence-electron chi connectivity index (χ0n) is 11.8. The summed E-state index contributed by atoms with van der Waals surface area (Å²) < 4.78 is 11.4. The zero-order valence-corrected chi connectivity index (χ0v) is 11.8. The van der Waals surface area contributed by atoms with Crippen LogP contribution in [0.4, 0.5) is 0 Å². The highest BCUT2D eigenvalue weighted by Gasteiger charge is 2.31. The molecule has 0 spiro atoms. The third-order valence-electron chi connectivity index (χ3n) is 3.91. The average Bonchev–Trinajstić information content (AvgIpc) is 2.77. The predicted molar refractivity (Wildman–Crippen MR) is 79.2 cm³/mol. The maximum atomic E-state index is 6.33. The summed E-state index contributed by atoms with van der Waals surface area (Å²) >= 11 is 0. The lowest BCUT2D eigenvalue weighted by Crippen LogP contribution is -2.28. The molecule has 0 saturated heterocycles. The van der Waals surface area contributed by atoms with E-state index in [1.165, 1.54) is 5.56 Å². The minimum atomic E-state index is -0.111. The second-order valence-corrected chi connectivity index (χ2v) is 5.22. The summed E-state index contributed by atoms with van der Waals surface area (Å²) in [6.45, 7) is 2.05. The lowest BCUT2D eigenvalue weighted by molar-refractivity contribution is 0.184. The van der Waals surface area contributed by atoms with Crippen LogP contribution >= 0.6 is 0 Å². The number of hydrogen-bond acceptors (Lipinski definition) is 3. The monoisotopic (exact) mass is 269 g/mol. The first kappa shape index (κ1) is 13.0. The summed E-state index contributed by atoms with van der Waals surface area (Å²) in [6.07, 6.45) is 0.827. The van der Waals surface area contributed by atoms with Gasteiger partial charge in [-0.25, -0.2) is 0 Å². The number of hydrogen-bond donors (Lipinski definition) is 1. The van der Waals surface area contributed by atoms with E-state index in [0.717, 1.165) is 29.0 Å². The van der Waals surface area contributed by atoms with Crippen molar-refractivity contribution in [1.29, 1.82) is 0 Å². The van der Waals surface area contributed by atoms with Crippen LogP contribution in [0.1, 0.15) is 22.7 Å². The summed E-state index contributed by atoms with van der Waals surface area (Å²) in [4.78, 5) is 0. The summed E-state index contributed by atoms with van der Waals surface area (Å²) in [5.41, 5.74) is 9.84. The van der Waals surface area contributed by atoms with Crippen LogP contribution in [0.15, 0.2) is 42.5 Å². The van der Waals surface area contributed by atoms with Gasteiger partial charge in [0, 0.05) is 6.42 Å². The molecule has 1 aliphatic rings. The molecule has 0 heterocycles. The Balaban J connectivity index is 1.83. The van der Waals surface area contributed by atoms with Gasteiger partial charge in [0.1, 0.15) is 17.6 Å². The van der Waals surface area contributed by atoms with Crippen molar-refractivity contribution in [3.63, 3.8) is 0 Å². The van der Waals surface area contributed by atoms with E-state index in [4.69, 9.17) is 15.2 Å². The molecule has 0 bridgehead atoms. The maximum absolute atomic E-state index is 6.33. The minimum absolute atomic E-state index is 0.0155. The van der Waals surface area contributed by atoms with Crippen LogP contribution in [0.25, 0.3) is 0 Å². The van der Waals surface area contributed by atoms with Gasteiger partial charge in [0.05, 0.1) is 13.2 Å². The molecule has 0 amide bonds. The van der Waals surface area contributed by atoms with Gasteiger partial charge in [-0.05, 0) is 41.8 Å². The third-order valence-corrected chi connectivity index (χ3v) is 3.91. The van der Waals surface area contributed by atoms with Crippen molar-refractivity contribution in [1.82, 2.24) is 0 Å². The summed E-state index contributed by atoms with van der Waals surface area (Å²) in [5, 5.41) is 0. The molecule has 2 atom stereocenters. The van der Waals surface area contributed by atoms with E-state index in [-0.39, 0.29) is 12.1 Å². The van der Waals surface area contributed by atoms with Gasteiger partial charge in [0.2, 0.25) is 0 Å². The molecule has 3 heteroatoms. The van der Waals surface area contributed by atoms with E-state index < -0.39 is 0 Å². The lowest BCUT2D eigenvalue weighted by Gasteiger charge is -2.19. The number of ether oxygens (including phenoxy) is 2. The number of benzene rings is 2. The van der Waals surface area contributed by atoms with Crippen LogP contribution in [-0.4, -0.2) is 13.2 Å². The van der Waals surface area contributed by atoms with Gasteiger partial charge >= 0.3 is 0 Å². The Hall–Kier alpha value is -2.00. The van der Waals surface area contributed by atoms with Crippen molar-refractivity contribution in [2.45, 2.75) is 25.5 Å². The lowest BCUT2D eigenvalue weighted by atomic mass is 10.1. The highest BCUT2D eigenvalue weighted by Crippen LogP contribution is 2.35. The SMILES string of the molecule is COc1ccc2c(c1)C(N)C(Oc1ccccc1C)C2. The second-order valence-electron chi connectivity index (χ2n) is 5.22. The normalized spacial score (nSPS) is 20.6. The topological polar surface area (TPSA) is 44.5 Å². The van der Waals surface area contributed by atoms with Crippen molar-refractivity contribution in [2.24, 2.45) is 5.73 Å². The molecule has 0 aromatic heterocycles. The largest absolute Gasteiger partial charge is 0.497 e. The second kappa shape index (κ2) is 5.17. The Bertz CT molecular complexity index is 624. The number of nitrogens with two attached hydrogens (primary N) is 1. The van der Waals surface area contributed by atoms with Gasteiger partial charge in [-0.1, -0.05) is 24.3 Å². The highest BCUT2D eigenvalue weighted by molar-refractivity contribution is 5.43. The molecule has 0 fully saturated rings. The van der Waals surface area contributed by atoms with Crippen LogP contribution in [-0.2, 0) is 6.42 Å². The van der Waals surface area contributed by atoms with Crippen molar-refractivity contribution >= 4 is 0 Å². The molecular formula is C17H19NO2. The van der Waals surface area contributed by atoms with Gasteiger partial charge in [-0.2, -0.15) is 0 Å². The van der Waals surface area contributed by atoms with Gasteiger partial charge in [-0.15, -0.1) is 0 Å². The van der Waals surface area contributed by atoms with Crippen LogP contribution in [0, 0.1) is 6.92 Å². The van der Waals surface area contributed by atoms with Gasteiger partial charge < -0.3 is 15.2 Å². The molecule has 0 aliphatic heterocycles. The quantitative estimate of drug-likeness (QED) is 0.931. The standard InChI is InChI=1S/C17H19NO2/c1-11-5-3-4-6-15(11)20-16-9-12-7-8-13(19-2)10-14(12)17(16)18/h3-8,10,16-17H,9,18H2,1-2H3. The van der Waals surface area contributed by atoms with Crippen LogP contribution in [0.5, 0.6) is 11.5 Å². The zero-order chi connectivity index (χ0) is 14.1. The fourth-order valence-electron chi connectivity index (χ4n) is 2.71. The first-order valence-corrected chi connectivity index (χ1v) is 6.83. The van der Waals surface area contributed by atoms with E-state index >= 15 is 0 Å². The molecule has 0 radical (unpaired) electrons. The summed E-state index contributed by atoms with van der Waals surface area (Å²) in [5.74, 6) is 1.75. The molecule has 104 valence electrons. The molecular weight excluding hydrogens is 250 g/mol. The Morgan fingerprint density at radius 2 is 1.95 bits per heavy atom. The molecule has 2 unspecified atom stereocenters. The van der Waals surface area contributed by atoms with Crippen molar-refractivity contribution in [2.75, 3.05) is 7.11 Å². The number of fused-ring (bicyclic) bond motifs is 1. The summed E-state index contributed by atoms with van der Waals surface area (Å²) in [6, 6.07) is 14.0. The van der Waals surface area contributed by atoms with E-state index in [9.17, 15) is 0 Å². The molecule has 0 saturated carbocycles. The fourth-order valence-corrected chi connectivity index (χ4v) is 2.71. The van der Waals surface area contributed by atoms with Gasteiger partial charge in [-0.3, -0.25) is 0 Å². The predicted octanol–water partition coefficient (Wildman–Crippen LogP) is 3.01. The number of methoxy groups -OCH3 is 1. The van der Waals surface area contributed by atoms with Crippen molar-refractivity contribution in [3.05, 3.63) is 59.2 Å². The highest BCUT2D eigenvalue weighted by atomic mass is 16.5. The molecule has 3 rings (SSSR count). The molecule has 20 heavy (non-hydrogen) atoms. The van der Waals surface area contributed by atoms with Gasteiger partial charge in [0.15, 0.2) is 0 Å². The minimum Gasteiger partial charge on any atom is -0.497 e. The molecule has 1 aliphatic carbocycles. The smallest absolute Gasteiger partial charge is 0.122 e. The first-order chi connectivity index (χ1) is 9.69. The van der Waals surface area contributed by atoms with Crippen molar-refractivity contribution < 1.29 is 9.47 Å². The molecule has 2 aromatic rings. The fraction of sp³-hybridized carbons (Fsp3) is 0.294. The Labute approximate surface area is 119 Å². The van der Waals surface area contributed by atoms with Crippen LogP contribution in [0.3, 0.4) is 0 Å². The number of para-hydroxylation sites is 1. The van der Waals surface area contributed by atoms with Crippen molar-refractivity contribution in [3.8, 4) is 11.5 Å². The molecule has 2 aromatic carbocycles. The van der Waals surface area contributed by atoms with E-state index in [2.05, 4.69) is 6.07 Å². The molecule has 3 nitrogen and oxygen atoms in total. The Morgan fingerprint density at radius 3 is 2.70 bits per heavy atom. The number of aryl methyl sites for hydroxylation is 1. The van der Waals surface area contributed by atoms with E-state index in [1.54, 1.807) is 7.11 Å². The third kappa shape index (κ3) is 2.25. The van der Waals surface area contributed by atoms with E-state index in [1.807, 2.05) is 43.3 Å². The summed E-state index contributed by atoms with van der Waals surface area (Å²) in [7, 11) is 1.67. The van der Waals surface area contributed by atoms with Crippen LogP contribution < -0.4 is 15.2 Å². The number of rotatable bonds is 3. The molecule has 2 N–H and O–H groups in total.